The van der Waals surface area contributed by atoms with Crippen molar-refractivity contribution in [3.8, 4) is 0 Å². The van der Waals surface area contributed by atoms with E-state index in [4.69, 9.17) is 21.7 Å². The number of carbonyl (C=O) groups excluding carboxylic acids is 1. The Morgan fingerprint density at radius 2 is 2.00 bits per heavy atom. The maximum atomic E-state index is 8.00. The molecule has 0 unspecified atom stereocenters. The molecule has 1 fully saturated rings. The van der Waals surface area contributed by atoms with E-state index in [1.54, 1.807) is 0 Å². The number of nitrogens with two attached hydrogens (primary N) is 2. The fourth-order valence-electron chi connectivity index (χ4n) is 2.94. The summed E-state index contributed by atoms with van der Waals surface area (Å²) < 4.78 is 0. The van der Waals surface area contributed by atoms with Crippen LogP contribution in [0.2, 0.25) is 0 Å². The van der Waals surface area contributed by atoms with Gasteiger partial charge in [-0.3, -0.25) is 5.41 Å². The second-order valence-corrected chi connectivity index (χ2v) is 6.20. The first-order valence-electron chi connectivity index (χ1n) is 7.86. The average Bonchev–Trinajstić information content (AvgIpc) is 2.55. The second-order valence-electron chi connectivity index (χ2n) is 6.20. The largest absolute Gasteiger partial charge is 0.384 e. The van der Waals surface area contributed by atoms with Gasteiger partial charge in [0, 0.05) is 30.4 Å². The lowest BCUT2D eigenvalue weighted by molar-refractivity contribution is -0.0979. The minimum Gasteiger partial charge on any atom is -0.384 e. The van der Waals surface area contributed by atoms with Gasteiger partial charge in [0.05, 0.1) is 0 Å². The normalized spacial score (nSPS) is 16.1. The predicted molar refractivity (Wildman–Crippen MR) is 96.2 cm³/mol. The van der Waals surface area contributed by atoms with Crippen LogP contribution in [0.15, 0.2) is 18.2 Å². The third kappa shape index (κ3) is 5.33. The summed E-state index contributed by atoms with van der Waals surface area (Å²) in [5, 5.41) is 10.9. The van der Waals surface area contributed by atoms with Crippen molar-refractivity contribution in [1.82, 2.24) is 5.32 Å². The summed E-state index contributed by atoms with van der Waals surface area (Å²) in [7, 11) is 2.10. The molecule has 6 nitrogen and oxygen atoms in total. The number of nitrogens with zero attached hydrogens (tertiary/aromatic N) is 1. The summed E-state index contributed by atoms with van der Waals surface area (Å²) in [6.45, 7) is 7.04. The standard InChI is InChI=1S/C16H27N5.CH2O/c1-12-11-13(15(17)18)3-4-14(12)21(2)10-7-16(19)5-8-20-9-6-16;1-2/h3-4,11,20H,5-10,19H2,1-2H3,(H3,17,18);1H2. The molecule has 23 heavy (non-hydrogen) atoms. The van der Waals surface area contributed by atoms with E-state index in [1.165, 1.54) is 5.69 Å². The quantitative estimate of drug-likeness (QED) is 0.478. The molecular formula is C17H29N5O. The molecule has 1 aliphatic rings. The first kappa shape index (κ1) is 19.1. The van der Waals surface area contributed by atoms with Gasteiger partial charge in [-0.2, -0.15) is 0 Å². The van der Waals surface area contributed by atoms with Gasteiger partial charge in [-0.05, 0) is 63.0 Å². The van der Waals surface area contributed by atoms with Gasteiger partial charge in [0.15, 0.2) is 0 Å². The van der Waals surface area contributed by atoms with E-state index in [2.05, 4.69) is 24.2 Å². The number of benzene rings is 1. The SMILES string of the molecule is C=O.Cc1cc(C(=N)N)ccc1N(C)CCC1(N)CCNCC1. The van der Waals surface area contributed by atoms with Crippen molar-refractivity contribution in [3.05, 3.63) is 29.3 Å². The van der Waals surface area contributed by atoms with Crippen LogP contribution in [0.25, 0.3) is 0 Å². The van der Waals surface area contributed by atoms with E-state index in [9.17, 15) is 0 Å². The summed E-state index contributed by atoms with van der Waals surface area (Å²) in [6, 6.07) is 5.92. The molecule has 0 radical (unpaired) electrons. The van der Waals surface area contributed by atoms with E-state index in [0.29, 0.717) is 0 Å². The van der Waals surface area contributed by atoms with Gasteiger partial charge in [0.25, 0.3) is 0 Å². The van der Waals surface area contributed by atoms with Crippen molar-refractivity contribution >= 4 is 18.3 Å². The third-order valence-corrected chi connectivity index (χ3v) is 4.46. The predicted octanol–water partition coefficient (Wildman–Crippen LogP) is 1.00. The van der Waals surface area contributed by atoms with Crippen molar-refractivity contribution in [2.75, 3.05) is 31.6 Å². The fourth-order valence-corrected chi connectivity index (χ4v) is 2.94. The zero-order valence-electron chi connectivity index (χ0n) is 14.2. The maximum absolute atomic E-state index is 8.00. The van der Waals surface area contributed by atoms with Gasteiger partial charge in [0.1, 0.15) is 12.6 Å². The first-order valence-corrected chi connectivity index (χ1v) is 7.86. The Kier molecular flexibility index (Phi) is 7.19. The Hall–Kier alpha value is -1.92. The Bertz CT molecular complexity index is 526. The van der Waals surface area contributed by atoms with E-state index in [1.807, 2.05) is 25.0 Å². The zero-order valence-corrected chi connectivity index (χ0v) is 14.2. The minimum atomic E-state index is -0.0350. The number of carbonyl (C=O) groups is 1. The van der Waals surface area contributed by atoms with E-state index < -0.39 is 0 Å². The highest BCUT2D eigenvalue weighted by Crippen LogP contribution is 2.24. The molecule has 6 heteroatoms. The maximum Gasteiger partial charge on any atom is 0.122 e. The van der Waals surface area contributed by atoms with E-state index in [-0.39, 0.29) is 11.4 Å². The van der Waals surface area contributed by atoms with Gasteiger partial charge in [-0.25, -0.2) is 0 Å². The molecule has 0 atom stereocenters. The number of piperidine rings is 1. The van der Waals surface area contributed by atoms with Crippen LogP contribution in [-0.2, 0) is 4.79 Å². The van der Waals surface area contributed by atoms with Crippen LogP contribution < -0.4 is 21.7 Å². The molecule has 0 amide bonds. The van der Waals surface area contributed by atoms with Crippen LogP contribution in [0.4, 0.5) is 5.69 Å². The molecule has 0 saturated carbocycles. The van der Waals surface area contributed by atoms with Crippen molar-refractivity contribution in [3.63, 3.8) is 0 Å². The van der Waals surface area contributed by atoms with Crippen LogP contribution >= 0.6 is 0 Å². The molecule has 0 aromatic heterocycles. The lowest BCUT2D eigenvalue weighted by Crippen LogP contribution is -2.50. The van der Waals surface area contributed by atoms with Gasteiger partial charge in [-0.15, -0.1) is 0 Å². The highest BCUT2D eigenvalue weighted by molar-refractivity contribution is 5.95. The van der Waals surface area contributed by atoms with Crippen LogP contribution in [0.1, 0.15) is 30.4 Å². The molecule has 1 heterocycles. The summed E-state index contributed by atoms with van der Waals surface area (Å²) in [6.07, 6.45) is 3.09. The second kappa shape index (κ2) is 8.64. The molecule has 6 N–H and O–H groups in total. The van der Waals surface area contributed by atoms with Crippen LogP contribution in [-0.4, -0.2) is 44.8 Å². The van der Waals surface area contributed by atoms with Gasteiger partial charge >= 0.3 is 0 Å². The highest BCUT2D eigenvalue weighted by atomic mass is 16.1. The first-order chi connectivity index (χ1) is 10.9. The number of nitrogens with one attached hydrogen (secondary N) is 2. The van der Waals surface area contributed by atoms with Gasteiger partial charge in [0.2, 0.25) is 0 Å². The molecule has 2 rings (SSSR count). The molecule has 128 valence electrons. The molecule has 0 aliphatic carbocycles. The summed E-state index contributed by atoms with van der Waals surface area (Å²) in [5.74, 6) is 0.114. The zero-order chi connectivity index (χ0) is 17.5. The number of amidine groups is 1. The lowest BCUT2D eigenvalue weighted by atomic mass is 9.86. The van der Waals surface area contributed by atoms with Crippen molar-refractivity contribution in [1.29, 1.82) is 5.41 Å². The number of hydrogen-bond donors (Lipinski definition) is 4. The van der Waals surface area contributed by atoms with Crippen LogP contribution in [0, 0.1) is 12.3 Å². The van der Waals surface area contributed by atoms with Crippen LogP contribution in [0.3, 0.4) is 0 Å². The lowest BCUT2D eigenvalue weighted by Gasteiger charge is -2.35. The summed E-state index contributed by atoms with van der Waals surface area (Å²) in [4.78, 5) is 10.2. The molecule has 1 aromatic carbocycles. The Morgan fingerprint density at radius 3 is 2.52 bits per heavy atom. The molecule has 1 aromatic rings. The molecular weight excluding hydrogens is 290 g/mol. The summed E-state index contributed by atoms with van der Waals surface area (Å²) in [5.41, 5.74) is 15.1. The van der Waals surface area contributed by atoms with Crippen molar-refractivity contribution in [2.45, 2.75) is 31.7 Å². The topological polar surface area (TPSA) is 108 Å². The number of anilines is 1. The number of nitrogen functional groups attached to an aromatic ring is 1. The molecule has 1 aliphatic heterocycles. The number of rotatable bonds is 5. The van der Waals surface area contributed by atoms with E-state index >= 15 is 0 Å². The molecule has 0 bridgehead atoms. The molecule has 0 spiro atoms. The Morgan fingerprint density at radius 1 is 1.39 bits per heavy atom. The van der Waals surface area contributed by atoms with Crippen molar-refractivity contribution < 1.29 is 4.79 Å². The fraction of sp³-hybridized carbons (Fsp3) is 0.529. The third-order valence-electron chi connectivity index (χ3n) is 4.46. The number of hydrogen-bond acceptors (Lipinski definition) is 5. The molecule has 1 saturated heterocycles. The van der Waals surface area contributed by atoms with Gasteiger partial charge < -0.3 is 26.5 Å². The van der Waals surface area contributed by atoms with E-state index in [0.717, 1.165) is 50.0 Å². The van der Waals surface area contributed by atoms with Crippen LogP contribution in [0.5, 0.6) is 0 Å². The minimum absolute atomic E-state index is 0.0350. The average molecular weight is 319 g/mol. The Balaban J connectivity index is 0.00000127. The summed E-state index contributed by atoms with van der Waals surface area (Å²) >= 11 is 0. The highest BCUT2D eigenvalue weighted by Gasteiger charge is 2.27. The van der Waals surface area contributed by atoms with Crippen molar-refractivity contribution in [2.24, 2.45) is 11.5 Å². The monoisotopic (exact) mass is 319 g/mol. The Labute approximate surface area is 138 Å². The smallest absolute Gasteiger partial charge is 0.122 e. The van der Waals surface area contributed by atoms with Gasteiger partial charge in [-0.1, -0.05) is 0 Å². The number of aryl methyl sites for hydroxylation is 1.